The number of aromatic nitrogens is 3. The van der Waals surface area contributed by atoms with Crippen molar-refractivity contribution in [3.63, 3.8) is 0 Å². The van der Waals surface area contributed by atoms with E-state index in [9.17, 15) is 0 Å². The van der Waals surface area contributed by atoms with Crippen LogP contribution in [0.5, 0.6) is 11.5 Å². The SMILES string of the molecule is COc1ccc(-c2nc(CSc3nnc(-c4ccc(OC)cc4)o3)co2)cc1. The third-order valence-corrected chi connectivity index (χ3v) is 4.83. The second kappa shape index (κ2) is 8.18. The minimum Gasteiger partial charge on any atom is -0.497 e. The van der Waals surface area contributed by atoms with Crippen molar-refractivity contribution in [1.29, 1.82) is 0 Å². The Kier molecular flexibility index (Phi) is 5.29. The van der Waals surface area contributed by atoms with Gasteiger partial charge in [-0.05, 0) is 48.5 Å². The Labute approximate surface area is 165 Å². The average Bonchev–Trinajstić information content (AvgIpc) is 3.42. The van der Waals surface area contributed by atoms with Crippen molar-refractivity contribution in [3.05, 3.63) is 60.5 Å². The lowest BCUT2D eigenvalue weighted by Crippen LogP contribution is -1.84. The van der Waals surface area contributed by atoms with E-state index in [-0.39, 0.29) is 0 Å². The van der Waals surface area contributed by atoms with Crippen LogP contribution in [0.3, 0.4) is 0 Å². The number of methoxy groups -OCH3 is 2. The van der Waals surface area contributed by atoms with E-state index in [2.05, 4.69) is 15.2 Å². The minimum absolute atomic E-state index is 0.462. The Morgan fingerprint density at radius 3 is 2.04 bits per heavy atom. The number of hydrogen-bond acceptors (Lipinski definition) is 8. The summed E-state index contributed by atoms with van der Waals surface area (Å²) in [6.07, 6.45) is 1.63. The van der Waals surface area contributed by atoms with E-state index < -0.39 is 0 Å². The Morgan fingerprint density at radius 2 is 1.43 bits per heavy atom. The third-order valence-electron chi connectivity index (χ3n) is 3.98. The lowest BCUT2D eigenvalue weighted by atomic mass is 10.2. The maximum absolute atomic E-state index is 5.71. The fraction of sp³-hybridized carbons (Fsp3) is 0.150. The summed E-state index contributed by atoms with van der Waals surface area (Å²) in [5.74, 6) is 3.14. The lowest BCUT2D eigenvalue weighted by molar-refractivity contribution is 0.414. The number of thioether (sulfide) groups is 1. The van der Waals surface area contributed by atoms with Gasteiger partial charge in [-0.3, -0.25) is 0 Å². The van der Waals surface area contributed by atoms with E-state index >= 15 is 0 Å². The molecule has 0 N–H and O–H groups in total. The molecule has 0 atom stereocenters. The van der Waals surface area contributed by atoms with E-state index in [4.69, 9.17) is 18.3 Å². The van der Waals surface area contributed by atoms with Crippen molar-refractivity contribution in [2.24, 2.45) is 0 Å². The molecule has 0 saturated heterocycles. The van der Waals surface area contributed by atoms with Crippen LogP contribution in [0.15, 0.2) is 68.9 Å². The van der Waals surface area contributed by atoms with Crippen molar-refractivity contribution in [1.82, 2.24) is 15.2 Å². The van der Waals surface area contributed by atoms with Crippen LogP contribution in [0, 0.1) is 0 Å². The molecule has 2 aromatic heterocycles. The Bertz CT molecular complexity index is 956. The molecule has 4 aromatic rings. The molecule has 142 valence electrons. The number of hydrogen-bond donors (Lipinski definition) is 0. The smallest absolute Gasteiger partial charge is 0.277 e. The van der Waals surface area contributed by atoms with Crippen LogP contribution >= 0.6 is 11.8 Å². The van der Waals surface area contributed by atoms with Gasteiger partial charge in [-0.15, -0.1) is 10.2 Å². The predicted octanol–water partition coefficient (Wildman–Crippen LogP) is 4.70. The monoisotopic (exact) mass is 395 g/mol. The lowest BCUT2D eigenvalue weighted by Gasteiger charge is -1.99. The van der Waals surface area contributed by atoms with Gasteiger partial charge in [-0.2, -0.15) is 0 Å². The zero-order valence-corrected chi connectivity index (χ0v) is 16.1. The zero-order chi connectivity index (χ0) is 19.3. The quantitative estimate of drug-likeness (QED) is 0.416. The molecular formula is C20H17N3O4S. The summed E-state index contributed by atoms with van der Waals surface area (Å²) >= 11 is 1.40. The largest absolute Gasteiger partial charge is 0.497 e. The molecule has 0 amide bonds. The molecule has 0 saturated carbocycles. The summed E-state index contributed by atoms with van der Waals surface area (Å²) in [6.45, 7) is 0. The molecule has 0 spiro atoms. The normalized spacial score (nSPS) is 10.8. The van der Waals surface area contributed by atoms with Crippen molar-refractivity contribution in [2.75, 3.05) is 14.2 Å². The van der Waals surface area contributed by atoms with Gasteiger partial charge in [0.25, 0.3) is 5.22 Å². The summed E-state index contributed by atoms with van der Waals surface area (Å²) in [4.78, 5) is 4.50. The third kappa shape index (κ3) is 4.01. The molecule has 4 rings (SSSR count). The summed E-state index contributed by atoms with van der Waals surface area (Å²) < 4.78 is 21.6. The Hall–Kier alpha value is -3.26. The average molecular weight is 395 g/mol. The van der Waals surface area contributed by atoms with Gasteiger partial charge in [0.2, 0.25) is 11.8 Å². The minimum atomic E-state index is 0.462. The standard InChI is InChI=1S/C20H17N3O4S/c1-24-16-7-3-13(4-8-16)18-21-15(11-26-18)12-28-20-23-22-19(27-20)14-5-9-17(25-2)10-6-14/h3-11H,12H2,1-2H3. The van der Waals surface area contributed by atoms with Crippen LogP contribution in [0.2, 0.25) is 0 Å². The maximum Gasteiger partial charge on any atom is 0.277 e. The van der Waals surface area contributed by atoms with E-state index in [0.29, 0.717) is 22.8 Å². The molecule has 2 aromatic carbocycles. The molecule has 7 nitrogen and oxygen atoms in total. The maximum atomic E-state index is 5.71. The van der Waals surface area contributed by atoms with Gasteiger partial charge in [-0.25, -0.2) is 4.98 Å². The van der Waals surface area contributed by atoms with Gasteiger partial charge in [0, 0.05) is 16.9 Å². The summed E-state index contributed by atoms with van der Waals surface area (Å²) in [6, 6.07) is 15.0. The van der Waals surface area contributed by atoms with Crippen LogP contribution in [-0.4, -0.2) is 29.4 Å². The zero-order valence-electron chi connectivity index (χ0n) is 15.3. The van der Waals surface area contributed by atoms with E-state index in [1.54, 1.807) is 20.5 Å². The highest BCUT2D eigenvalue weighted by atomic mass is 32.2. The second-order valence-electron chi connectivity index (χ2n) is 5.76. The highest BCUT2D eigenvalue weighted by Crippen LogP contribution is 2.28. The van der Waals surface area contributed by atoms with E-state index in [1.807, 2.05) is 48.5 Å². The predicted molar refractivity (Wildman–Crippen MR) is 104 cm³/mol. The fourth-order valence-electron chi connectivity index (χ4n) is 2.49. The van der Waals surface area contributed by atoms with Crippen molar-refractivity contribution >= 4 is 11.8 Å². The number of rotatable bonds is 7. The van der Waals surface area contributed by atoms with Gasteiger partial charge in [-0.1, -0.05) is 11.8 Å². The van der Waals surface area contributed by atoms with E-state index in [1.165, 1.54) is 11.8 Å². The molecule has 2 heterocycles. The molecule has 28 heavy (non-hydrogen) atoms. The van der Waals surface area contributed by atoms with Crippen LogP contribution in [0.1, 0.15) is 5.69 Å². The van der Waals surface area contributed by atoms with Gasteiger partial charge in [0.1, 0.15) is 17.8 Å². The number of ether oxygens (including phenoxy) is 2. The molecule has 0 radical (unpaired) electrons. The molecule has 0 unspecified atom stereocenters. The van der Waals surface area contributed by atoms with Crippen molar-refractivity contribution in [2.45, 2.75) is 11.0 Å². The second-order valence-corrected chi connectivity index (χ2v) is 6.69. The fourth-order valence-corrected chi connectivity index (χ4v) is 3.13. The van der Waals surface area contributed by atoms with Crippen LogP contribution in [0.25, 0.3) is 22.9 Å². The number of nitrogens with zero attached hydrogens (tertiary/aromatic N) is 3. The van der Waals surface area contributed by atoms with Crippen LogP contribution in [0.4, 0.5) is 0 Å². The van der Waals surface area contributed by atoms with Crippen LogP contribution in [-0.2, 0) is 5.75 Å². The summed E-state index contributed by atoms with van der Waals surface area (Å²) in [5, 5.41) is 8.64. The molecule has 0 bridgehead atoms. The molecule has 0 aliphatic rings. The Balaban J connectivity index is 1.39. The highest BCUT2D eigenvalue weighted by molar-refractivity contribution is 7.98. The first-order valence-electron chi connectivity index (χ1n) is 8.45. The molecule has 0 aliphatic carbocycles. The Morgan fingerprint density at radius 1 is 0.821 bits per heavy atom. The summed E-state index contributed by atoms with van der Waals surface area (Å²) in [5.41, 5.74) is 2.51. The number of oxazole rings is 1. The molecule has 8 heteroatoms. The van der Waals surface area contributed by atoms with Crippen molar-refractivity contribution < 1.29 is 18.3 Å². The van der Waals surface area contributed by atoms with Gasteiger partial charge in [0.05, 0.1) is 19.9 Å². The topological polar surface area (TPSA) is 83.4 Å². The van der Waals surface area contributed by atoms with E-state index in [0.717, 1.165) is 28.3 Å². The first-order valence-corrected chi connectivity index (χ1v) is 9.43. The summed E-state index contributed by atoms with van der Waals surface area (Å²) in [7, 11) is 3.26. The molecule has 0 fully saturated rings. The number of benzene rings is 2. The van der Waals surface area contributed by atoms with Crippen molar-refractivity contribution in [3.8, 4) is 34.4 Å². The highest BCUT2D eigenvalue weighted by Gasteiger charge is 2.12. The molecular weight excluding hydrogens is 378 g/mol. The first kappa shape index (κ1) is 18.1. The first-order chi connectivity index (χ1) is 13.7. The van der Waals surface area contributed by atoms with Gasteiger partial charge < -0.3 is 18.3 Å². The van der Waals surface area contributed by atoms with Crippen LogP contribution < -0.4 is 9.47 Å². The van der Waals surface area contributed by atoms with Gasteiger partial charge in [0.15, 0.2) is 0 Å². The van der Waals surface area contributed by atoms with Gasteiger partial charge >= 0.3 is 0 Å². The molecule has 0 aliphatic heterocycles.